The van der Waals surface area contributed by atoms with Crippen LogP contribution in [0, 0.1) is 0 Å². The van der Waals surface area contributed by atoms with E-state index in [-0.39, 0.29) is 5.91 Å². The second-order valence-electron chi connectivity index (χ2n) is 4.72. The molecular formula is C14H24N4O. The van der Waals surface area contributed by atoms with E-state index in [0.29, 0.717) is 13.1 Å². The molecular weight excluding hydrogens is 240 g/mol. The Hall–Kier alpha value is -1.49. The van der Waals surface area contributed by atoms with Crippen LogP contribution in [0.3, 0.4) is 0 Å². The van der Waals surface area contributed by atoms with Crippen molar-refractivity contribution in [3.63, 3.8) is 0 Å². The van der Waals surface area contributed by atoms with Gasteiger partial charge in [-0.3, -0.25) is 9.69 Å². The van der Waals surface area contributed by atoms with Crippen molar-refractivity contribution in [1.82, 2.24) is 19.8 Å². The van der Waals surface area contributed by atoms with E-state index < -0.39 is 0 Å². The lowest BCUT2D eigenvalue weighted by Crippen LogP contribution is -2.39. The number of nitrogens with zero attached hydrogens (tertiary/aromatic N) is 4. The Balaban J connectivity index is 2.45. The third kappa shape index (κ3) is 5.79. The first-order valence-electron chi connectivity index (χ1n) is 6.89. The van der Waals surface area contributed by atoms with Crippen molar-refractivity contribution in [3.8, 4) is 0 Å². The van der Waals surface area contributed by atoms with Crippen LogP contribution in [0.2, 0.25) is 0 Å². The van der Waals surface area contributed by atoms with Crippen molar-refractivity contribution < 1.29 is 4.79 Å². The van der Waals surface area contributed by atoms with Crippen LogP contribution in [0.1, 0.15) is 32.5 Å². The summed E-state index contributed by atoms with van der Waals surface area (Å²) in [5, 5.41) is 0. The Morgan fingerprint density at radius 1 is 1.16 bits per heavy atom. The molecule has 1 aromatic heterocycles. The highest BCUT2D eigenvalue weighted by atomic mass is 16.2. The highest BCUT2D eigenvalue weighted by Crippen LogP contribution is 2.00. The average molecular weight is 264 g/mol. The van der Waals surface area contributed by atoms with E-state index in [1.165, 1.54) is 0 Å². The number of hydrogen-bond acceptors (Lipinski definition) is 4. The Labute approximate surface area is 115 Å². The van der Waals surface area contributed by atoms with Crippen LogP contribution in [0.5, 0.6) is 0 Å². The first-order valence-corrected chi connectivity index (χ1v) is 6.89. The van der Waals surface area contributed by atoms with Crippen molar-refractivity contribution in [1.29, 1.82) is 0 Å². The van der Waals surface area contributed by atoms with Gasteiger partial charge in [0.15, 0.2) is 0 Å². The largest absolute Gasteiger partial charge is 0.342 e. The zero-order valence-electron chi connectivity index (χ0n) is 12.2. The second-order valence-corrected chi connectivity index (χ2v) is 4.72. The lowest BCUT2D eigenvalue weighted by molar-refractivity contribution is -0.132. The molecule has 1 rings (SSSR count). The molecule has 0 radical (unpaired) electrons. The summed E-state index contributed by atoms with van der Waals surface area (Å²) in [6.07, 6.45) is 5.44. The zero-order chi connectivity index (χ0) is 14.1. The van der Waals surface area contributed by atoms with E-state index >= 15 is 0 Å². The lowest BCUT2D eigenvalue weighted by atomic mass is 10.3. The Bertz CT molecular complexity index is 363. The molecule has 0 saturated heterocycles. The summed E-state index contributed by atoms with van der Waals surface area (Å²) in [4.78, 5) is 24.4. The van der Waals surface area contributed by atoms with Gasteiger partial charge >= 0.3 is 0 Å². The van der Waals surface area contributed by atoms with E-state index in [1.807, 2.05) is 16.8 Å². The zero-order valence-corrected chi connectivity index (χ0v) is 12.2. The van der Waals surface area contributed by atoms with Crippen molar-refractivity contribution in [2.75, 3.05) is 26.7 Å². The highest BCUT2D eigenvalue weighted by molar-refractivity contribution is 5.78. The third-order valence-corrected chi connectivity index (χ3v) is 2.78. The standard InChI is InChI=1S/C14H24N4O/c1-4-9-18(10-5-2)14(19)12-17(3)11-13-15-7-6-8-16-13/h6-8H,4-5,9-12H2,1-3H3. The Morgan fingerprint density at radius 3 is 2.26 bits per heavy atom. The van der Waals surface area contributed by atoms with Gasteiger partial charge in [0.1, 0.15) is 5.82 Å². The second kappa shape index (κ2) is 8.58. The molecule has 0 aliphatic rings. The van der Waals surface area contributed by atoms with Crippen LogP contribution in [0.4, 0.5) is 0 Å². The Kier molecular flexibility index (Phi) is 7.03. The van der Waals surface area contributed by atoms with Gasteiger partial charge in [-0.15, -0.1) is 0 Å². The lowest BCUT2D eigenvalue weighted by Gasteiger charge is -2.24. The summed E-state index contributed by atoms with van der Waals surface area (Å²) in [6, 6.07) is 1.79. The molecule has 5 nitrogen and oxygen atoms in total. The van der Waals surface area contributed by atoms with Crippen molar-refractivity contribution in [2.45, 2.75) is 33.2 Å². The maximum Gasteiger partial charge on any atom is 0.236 e. The monoisotopic (exact) mass is 264 g/mol. The molecule has 0 N–H and O–H groups in total. The van der Waals surface area contributed by atoms with E-state index in [0.717, 1.165) is 31.8 Å². The van der Waals surface area contributed by atoms with E-state index in [2.05, 4.69) is 23.8 Å². The minimum absolute atomic E-state index is 0.183. The van der Waals surface area contributed by atoms with Gasteiger partial charge in [0, 0.05) is 25.5 Å². The first-order chi connectivity index (χ1) is 9.17. The van der Waals surface area contributed by atoms with Crippen LogP contribution >= 0.6 is 0 Å². The van der Waals surface area contributed by atoms with Gasteiger partial charge in [-0.05, 0) is 26.0 Å². The predicted molar refractivity (Wildman–Crippen MR) is 75.5 cm³/mol. The van der Waals surface area contributed by atoms with Crippen LogP contribution in [0.25, 0.3) is 0 Å². The summed E-state index contributed by atoms with van der Waals surface area (Å²) in [5.41, 5.74) is 0. The van der Waals surface area contributed by atoms with Crippen LogP contribution in [-0.4, -0.2) is 52.4 Å². The quantitative estimate of drug-likeness (QED) is 0.715. The molecule has 0 fully saturated rings. The predicted octanol–water partition coefficient (Wildman–Crippen LogP) is 1.56. The number of amides is 1. The molecule has 0 aromatic carbocycles. The van der Waals surface area contributed by atoms with Gasteiger partial charge in [-0.25, -0.2) is 9.97 Å². The van der Waals surface area contributed by atoms with Gasteiger partial charge in [0.25, 0.3) is 0 Å². The fraction of sp³-hybridized carbons (Fsp3) is 0.643. The highest BCUT2D eigenvalue weighted by Gasteiger charge is 2.14. The summed E-state index contributed by atoms with van der Waals surface area (Å²) in [5.74, 6) is 0.928. The number of rotatable bonds is 8. The summed E-state index contributed by atoms with van der Waals surface area (Å²) in [7, 11) is 1.92. The molecule has 1 heterocycles. The summed E-state index contributed by atoms with van der Waals surface area (Å²) < 4.78 is 0. The Morgan fingerprint density at radius 2 is 1.74 bits per heavy atom. The van der Waals surface area contributed by atoms with Gasteiger partial charge < -0.3 is 4.90 Å². The van der Waals surface area contributed by atoms with Crippen LogP contribution in [-0.2, 0) is 11.3 Å². The van der Waals surface area contributed by atoms with E-state index in [9.17, 15) is 4.79 Å². The van der Waals surface area contributed by atoms with E-state index in [4.69, 9.17) is 0 Å². The maximum atomic E-state index is 12.2. The van der Waals surface area contributed by atoms with Gasteiger partial charge in [-0.2, -0.15) is 0 Å². The van der Waals surface area contributed by atoms with E-state index in [1.54, 1.807) is 18.5 Å². The smallest absolute Gasteiger partial charge is 0.236 e. The molecule has 5 heteroatoms. The van der Waals surface area contributed by atoms with Gasteiger partial charge in [0.2, 0.25) is 5.91 Å². The molecule has 0 spiro atoms. The first kappa shape index (κ1) is 15.6. The number of aromatic nitrogens is 2. The number of carbonyl (C=O) groups excluding carboxylic acids is 1. The van der Waals surface area contributed by atoms with Gasteiger partial charge in [-0.1, -0.05) is 13.8 Å². The molecule has 0 aliphatic carbocycles. The SMILES string of the molecule is CCCN(CCC)C(=O)CN(C)Cc1ncccn1. The van der Waals surface area contributed by atoms with Crippen molar-refractivity contribution in [2.24, 2.45) is 0 Å². The molecule has 1 aromatic rings. The van der Waals surface area contributed by atoms with Crippen LogP contribution < -0.4 is 0 Å². The fourth-order valence-corrected chi connectivity index (χ4v) is 1.94. The number of hydrogen-bond donors (Lipinski definition) is 0. The fourth-order valence-electron chi connectivity index (χ4n) is 1.94. The topological polar surface area (TPSA) is 49.3 Å². The average Bonchev–Trinajstić information content (AvgIpc) is 2.39. The van der Waals surface area contributed by atoms with Crippen molar-refractivity contribution >= 4 is 5.91 Å². The minimum Gasteiger partial charge on any atom is -0.342 e. The van der Waals surface area contributed by atoms with Gasteiger partial charge in [0.05, 0.1) is 13.1 Å². The third-order valence-electron chi connectivity index (χ3n) is 2.78. The molecule has 1 amide bonds. The number of carbonyl (C=O) groups is 1. The summed E-state index contributed by atoms with van der Waals surface area (Å²) in [6.45, 7) is 6.87. The minimum atomic E-state index is 0.183. The molecule has 0 aliphatic heterocycles. The van der Waals surface area contributed by atoms with Crippen LogP contribution in [0.15, 0.2) is 18.5 Å². The maximum absolute atomic E-state index is 12.2. The van der Waals surface area contributed by atoms with Crippen molar-refractivity contribution in [3.05, 3.63) is 24.3 Å². The molecule has 106 valence electrons. The molecule has 0 bridgehead atoms. The molecule has 0 saturated carbocycles. The summed E-state index contributed by atoms with van der Waals surface area (Å²) >= 11 is 0. The normalized spacial score (nSPS) is 10.7. The molecule has 0 atom stereocenters. The number of likely N-dealkylation sites (N-methyl/N-ethyl adjacent to an activating group) is 1. The molecule has 0 unspecified atom stereocenters. The molecule has 19 heavy (non-hydrogen) atoms.